The minimum absolute atomic E-state index is 0.774. The van der Waals surface area contributed by atoms with Crippen LogP contribution in [0.1, 0.15) is 0 Å². The van der Waals surface area contributed by atoms with Crippen molar-refractivity contribution in [2.75, 3.05) is 0 Å². The van der Waals surface area contributed by atoms with Crippen LogP contribution < -0.4 is 0 Å². The zero-order valence-electron chi connectivity index (χ0n) is 12.8. The molecule has 3 heterocycles. The first-order chi connectivity index (χ1) is 11.9. The molecule has 4 aromatic rings. The highest BCUT2D eigenvalue weighted by Gasteiger charge is 2.17. The molecule has 0 saturated heterocycles. The SMILES string of the molecule is [c]1nc(-c2ccccc2)c(-c2ccccn2)c(-c2cccnc2)n1. The number of hydrogen-bond acceptors (Lipinski definition) is 4. The number of benzene rings is 1. The molecule has 0 saturated carbocycles. The van der Waals surface area contributed by atoms with E-state index in [2.05, 4.69) is 26.3 Å². The Morgan fingerprint density at radius 2 is 1.42 bits per heavy atom. The number of nitrogens with zero attached hydrogens (tertiary/aromatic N) is 4. The molecule has 0 atom stereocenters. The van der Waals surface area contributed by atoms with Crippen LogP contribution in [0, 0.1) is 6.33 Å². The largest absolute Gasteiger partial charge is 0.264 e. The van der Waals surface area contributed by atoms with Crippen molar-refractivity contribution < 1.29 is 0 Å². The van der Waals surface area contributed by atoms with Crippen molar-refractivity contribution in [2.24, 2.45) is 0 Å². The molecule has 0 aliphatic carbocycles. The molecule has 113 valence electrons. The fraction of sp³-hybridized carbons (Fsp3) is 0. The highest BCUT2D eigenvalue weighted by Crippen LogP contribution is 2.35. The summed E-state index contributed by atoms with van der Waals surface area (Å²) in [5.74, 6) is 0. The standard InChI is InChI=1S/C20H13N4/c1-2-7-15(8-3-1)19-18(17-10-4-5-12-22-17)20(24-14-23-19)16-9-6-11-21-13-16/h1-13H. The highest BCUT2D eigenvalue weighted by atomic mass is 14.9. The Kier molecular flexibility index (Phi) is 3.78. The second-order valence-electron chi connectivity index (χ2n) is 5.22. The number of rotatable bonds is 3. The van der Waals surface area contributed by atoms with E-state index in [9.17, 15) is 0 Å². The van der Waals surface area contributed by atoms with Gasteiger partial charge in [0.25, 0.3) is 0 Å². The van der Waals surface area contributed by atoms with E-state index in [1.807, 2.05) is 60.7 Å². The van der Waals surface area contributed by atoms with Gasteiger partial charge in [0, 0.05) is 29.7 Å². The lowest BCUT2D eigenvalue weighted by molar-refractivity contribution is 1.14. The fourth-order valence-electron chi connectivity index (χ4n) is 2.62. The minimum atomic E-state index is 0.774. The van der Waals surface area contributed by atoms with Gasteiger partial charge in [0.15, 0.2) is 6.33 Å². The van der Waals surface area contributed by atoms with Crippen LogP contribution in [0.15, 0.2) is 79.3 Å². The average Bonchev–Trinajstić information content (AvgIpc) is 2.69. The molecule has 4 heteroatoms. The van der Waals surface area contributed by atoms with Gasteiger partial charge in [-0.05, 0) is 24.3 Å². The van der Waals surface area contributed by atoms with Crippen LogP contribution in [0.5, 0.6) is 0 Å². The van der Waals surface area contributed by atoms with Crippen molar-refractivity contribution in [2.45, 2.75) is 0 Å². The number of aromatic nitrogens is 4. The second-order valence-corrected chi connectivity index (χ2v) is 5.22. The predicted octanol–water partition coefficient (Wildman–Crippen LogP) is 4.07. The topological polar surface area (TPSA) is 51.6 Å². The van der Waals surface area contributed by atoms with E-state index in [1.165, 1.54) is 0 Å². The first-order valence-corrected chi connectivity index (χ1v) is 7.59. The van der Waals surface area contributed by atoms with Gasteiger partial charge in [-0.3, -0.25) is 9.97 Å². The van der Waals surface area contributed by atoms with Crippen LogP contribution in [0.3, 0.4) is 0 Å². The minimum Gasteiger partial charge on any atom is -0.264 e. The van der Waals surface area contributed by atoms with E-state index in [4.69, 9.17) is 0 Å². The lowest BCUT2D eigenvalue weighted by Crippen LogP contribution is -1.98. The van der Waals surface area contributed by atoms with Gasteiger partial charge in [0.1, 0.15) is 0 Å². The molecule has 24 heavy (non-hydrogen) atoms. The summed E-state index contributed by atoms with van der Waals surface area (Å²) < 4.78 is 0. The van der Waals surface area contributed by atoms with E-state index in [0.29, 0.717) is 0 Å². The van der Waals surface area contributed by atoms with Gasteiger partial charge >= 0.3 is 0 Å². The van der Waals surface area contributed by atoms with Crippen LogP contribution in [-0.2, 0) is 0 Å². The summed E-state index contributed by atoms with van der Waals surface area (Å²) in [6, 6.07) is 19.7. The number of hydrogen-bond donors (Lipinski definition) is 0. The Hall–Kier alpha value is -3.40. The van der Waals surface area contributed by atoms with E-state index in [0.717, 1.165) is 33.8 Å². The zero-order chi connectivity index (χ0) is 16.2. The lowest BCUT2D eigenvalue weighted by atomic mass is 9.98. The van der Waals surface area contributed by atoms with Crippen molar-refractivity contribution in [1.82, 2.24) is 19.9 Å². The molecule has 3 aromatic heterocycles. The first kappa shape index (κ1) is 14.2. The van der Waals surface area contributed by atoms with E-state index in [-0.39, 0.29) is 0 Å². The van der Waals surface area contributed by atoms with Crippen molar-refractivity contribution in [3.63, 3.8) is 0 Å². The van der Waals surface area contributed by atoms with E-state index >= 15 is 0 Å². The Labute approximate surface area is 139 Å². The van der Waals surface area contributed by atoms with Crippen molar-refractivity contribution in [3.05, 3.63) is 85.6 Å². The normalized spacial score (nSPS) is 10.5. The third-order valence-electron chi connectivity index (χ3n) is 3.70. The van der Waals surface area contributed by atoms with Crippen LogP contribution >= 0.6 is 0 Å². The third kappa shape index (κ3) is 2.65. The summed E-state index contributed by atoms with van der Waals surface area (Å²) in [5.41, 5.74) is 5.20. The Morgan fingerprint density at radius 3 is 2.12 bits per heavy atom. The molecule has 1 radical (unpaired) electrons. The van der Waals surface area contributed by atoms with Gasteiger partial charge in [-0.2, -0.15) is 0 Å². The van der Waals surface area contributed by atoms with Crippen molar-refractivity contribution in [3.8, 4) is 33.8 Å². The van der Waals surface area contributed by atoms with E-state index < -0.39 is 0 Å². The molecular weight excluding hydrogens is 296 g/mol. The van der Waals surface area contributed by atoms with Crippen LogP contribution in [0.25, 0.3) is 33.8 Å². The predicted molar refractivity (Wildman–Crippen MR) is 92.8 cm³/mol. The van der Waals surface area contributed by atoms with Crippen molar-refractivity contribution >= 4 is 0 Å². The second kappa shape index (κ2) is 6.38. The number of pyridine rings is 2. The van der Waals surface area contributed by atoms with Gasteiger partial charge in [0.2, 0.25) is 0 Å². The first-order valence-electron chi connectivity index (χ1n) is 7.59. The molecule has 0 fully saturated rings. The van der Waals surface area contributed by atoms with Crippen LogP contribution in [-0.4, -0.2) is 19.9 Å². The van der Waals surface area contributed by atoms with Crippen LogP contribution in [0.4, 0.5) is 0 Å². The Balaban J connectivity index is 2.02. The highest BCUT2D eigenvalue weighted by molar-refractivity contribution is 5.89. The van der Waals surface area contributed by atoms with Crippen molar-refractivity contribution in [1.29, 1.82) is 0 Å². The maximum Gasteiger partial charge on any atom is 0.198 e. The Morgan fingerprint density at radius 1 is 0.667 bits per heavy atom. The quantitative estimate of drug-likeness (QED) is 0.572. The third-order valence-corrected chi connectivity index (χ3v) is 3.70. The summed E-state index contributed by atoms with van der Waals surface area (Å²) in [6.07, 6.45) is 8.08. The molecule has 0 amide bonds. The van der Waals surface area contributed by atoms with Gasteiger partial charge < -0.3 is 0 Å². The molecule has 0 spiro atoms. The summed E-state index contributed by atoms with van der Waals surface area (Å²) >= 11 is 0. The average molecular weight is 309 g/mol. The maximum absolute atomic E-state index is 4.51. The van der Waals surface area contributed by atoms with E-state index in [1.54, 1.807) is 18.6 Å². The summed E-state index contributed by atoms with van der Waals surface area (Å²) in [4.78, 5) is 17.5. The van der Waals surface area contributed by atoms with Gasteiger partial charge in [-0.15, -0.1) is 0 Å². The molecule has 1 aromatic carbocycles. The zero-order valence-corrected chi connectivity index (χ0v) is 12.8. The molecule has 0 aliphatic rings. The van der Waals surface area contributed by atoms with Crippen LogP contribution in [0.2, 0.25) is 0 Å². The molecule has 0 unspecified atom stereocenters. The molecule has 0 aliphatic heterocycles. The lowest BCUT2D eigenvalue weighted by Gasteiger charge is -2.12. The summed E-state index contributed by atoms with van der Waals surface area (Å²) in [5, 5.41) is 0. The molecule has 0 N–H and O–H groups in total. The smallest absolute Gasteiger partial charge is 0.198 e. The maximum atomic E-state index is 4.51. The summed E-state index contributed by atoms with van der Waals surface area (Å²) in [6.45, 7) is 0. The monoisotopic (exact) mass is 309 g/mol. The molecular formula is C20H13N4. The van der Waals surface area contributed by atoms with Gasteiger partial charge in [-0.1, -0.05) is 36.4 Å². The Bertz CT molecular complexity index is 881. The molecule has 0 bridgehead atoms. The molecule has 4 nitrogen and oxygen atoms in total. The van der Waals surface area contributed by atoms with Gasteiger partial charge in [-0.25, -0.2) is 9.97 Å². The van der Waals surface area contributed by atoms with Gasteiger partial charge in [0.05, 0.1) is 22.6 Å². The molecule has 4 rings (SSSR count). The fourth-order valence-corrected chi connectivity index (χ4v) is 2.62. The summed E-state index contributed by atoms with van der Waals surface area (Å²) in [7, 11) is 0.